The molecule has 2 aromatic rings. The monoisotopic (exact) mass is 261 g/mol. The zero-order valence-corrected chi connectivity index (χ0v) is 11.3. The Hall–Kier alpha value is -1.68. The zero-order chi connectivity index (χ0) is 13.1. The summed E-state index contributed by atoms with van der Waals surface area (Å²) in [5.74, 6) is -0.883. The highest BCUT2D eigenvalue weighted by molar-refractivity contribution is 7.13. The summed E-state index contributed by atoms with van der Waals surface area (Å²) in [5.41, 5.74) is 3.13. The average molecular weight is 261 g/mol. The molecule has 0 fully saturated rings. The van der Waals surface area contributed by atoms with E-state index in [1.165, 1.54) is 22.5 Å². The second-order valence-corrected chi connectivity index (χ2v) is 5.40. The minimum Gasteiger partial charge on any atom is -0.477 e. The number of carboxylic acids is 1. The van der Waals surface area contributed by atoms with Crippen molar-refractivity contribution in [1.29, 1.82) is 0 Å². The molecule has 0 radical (unpaired) electrons. The van der Waals surface area contributed by atoms with Crippen LogP contribution in [0, 0.1) is 13.8 Å². The fourth-order valence-corrected chi connectivity index (χ4v) is 2.78. The number of carboxylic acid groups (broad SMARTS) is 1. The number of aromatic carboxylic acids is 1. The maximum Gasteiger partial charge on any atom is 0.347 e. The third-order valence-electron chi connectivity index (χ3n) is 2.75. The summed E-state index contributed by atoms with van der Waals surface area (Å²) in [4.78, 5) is 15.6. The van der Waals surface area contributed by atoms with Crippen LogP contribution in [0.1, 0.15) is 31.5 Å². The molecule has 0 saturated carbocycles. The number of hydrogen-bond acceptors (Lipinski definition) is 3. The first-order valence-corrected chi connectivity index (χ1v) is 6.63. The Bertz CT molecular complexity index is 575. The number of benzene rings is 1. The van der Waals surface area contributed by atoms with E-state index < -0.39 is 5.97 Å². The van der Waals surface area contributed by atoms with Crippen LogP contribution in [-0.4, -0.2) is 16.1 Å². The Morgan fingerprint density at radius 3 is 2.72 bits per heavy atom. The number of rotatable bonds is 4. The lowest BCUT2D eigenvalue weighted by atomic mass is 10.1. The highest BCUT2D eigenvalue weighted by atomic mass is 32.1. The topological polar surface area (TPSA) is 50.2 Å². The van der Waals surface area contributed by atoms with Crippen molar-refractivity contribution in [3.05, 3.63) is 51.0 Å². The smallest absolute Gasteiger partial charge is 0.347 e. The summed E-state index contributed by atoms with van der Waals surface area (Å²) in [6, 6.07) is 8.35. The molecule has 0 bridgehead atoms. The van der Waals surface area contributed by atoms with Crippen molar-refractivity contribution in [1.82, 2.24) is 4.98 Å². The van der Waals surface area contributed by atoms with Gasteiger partial charge in [-0.1, -0.05) is 29.8 Å². The van der Waals surface area contributed by atoms with E-state index in [0.29, 0.717) is 10.6 Å². The number of aromatic nitrogens is 1. The molecule has 2 rings (SSSR count). The maximum atomic E-state index is 10.9. The predicted molar refractivity (Wildman–Crippen MR) is 72.4 cm³/mol. The summed E-state index contributed by atoms with van der Waals surface area (Å²) >= 11 is 1.28. The molecule has 1 heterocycles. The van der Waals surface area contributed by atoms with Gasteiger partial charge >= 0.3 is 5.97 Å². The quantitative estimate of drug-likeness (QED) is 0.919. The normalized spacial score (nSPS) is 10.6. The van der Waals surface area contributed by atoms with Crippen LogP contribution in [0.25, 0.3) is 0 Å². The van der Waals surface area contributed by atoms with Crippen molar-refractivity contribution >= 4 is 17.3 Å². The first-order valence-electron chi connectivity index (χ1n) is 5.81. The van der Waals surface area contributed by atoms with Gasteiger partial charge in [-0.2, -0.15) is 0 Å². The summed E-state index contributed by atoms with van der Waals surface area (Å²) in [6.45, 7) is 3.82. The van der Waals surface area contributed by atoms with Crippen LogP contribution in [0.3, 0.4) is 0 Å². The van der Waals surface area contributed by atoms with Crippen LogP contribution >= 0.6 is 11.3 Å². The standard InChI is InChI=1S/C14H15NO2S/c1-9-4-3-5-11(8-9)6-7-12-15-10(2)13(18-12)14(16)17/h3-5,8H,6-7H2,1-2H3,(H,16,17). The number of hydrogen-bond donors (Lipinski definition) is 1. The van der Waals surface area contributed by atoms with Crippen molar-refractivity contribution in [2.45, 2.75) is 26.7 Å². The van der Waals surface area contributed by atoms with Gasteiger partial charge < -0.3 is 5.11 Å². The minimum atomic E-state index is -0.883. The van der Waals surface area contributed by atoms with E-state index in [0.717, 1.165) is 17.8 Å². The highest BCUT2D eigenvalue weighted by Gasteiger charge is 2.13. The van der Waals surface area contributed by atoms with Gasteiger partial charge in [-0.15, -0.1) is 11.3 Å². The maximum absolute atomic E-state index is 10.9. The fourth-order valence-electron chi connectivity index (χ4n) is 1.88. The van der Waals surface area contributed by atoms with Crippen LogP contribution in [0.15, 0.2) is 24.3 Å². The molecule has 1 aromatic heterocycles. The number of carbonyl (C=O) groups is 1. The molecule has 0 atom stereocenters. The van der Waals surface area contributed by atoms with Gasteiger partial charge in [-0.25, -0.2) is 9.78 Å². The van der Waals surface area contributed by atoms with Crippen molar-refractivity contribution in [3.63, 3.8) is 0 Å². The third-order valence-corrected chi connectivity index (χ3v) is 3.95. The fraction of sp³-hybridized carbons (Fsp3) is 0.286. The second kappa shape index (κ2) is 5.31. The molecule has 4 heteroatoms. The van der Waals surface area contributed by atoms with Crippen molar-refractivity contribution in [2.75, 3.05) is 0 Å². The molecule has 3 nitrogen and oxygen atoms in total. The van der Waals surface area contributed by atoms with Gasteiger partial charge in [0.25, 0.3) is 0 Å². The Balaban J connectivity index is 2.06. The molecule has 0 aliphatic heterocycles. The van der Waals surface area contributed by atoms with Gasteiger partial charge in [0.2, 0.25) is 0 Å². The van der Waals surface area contributed by atoms with Gasteiger partial charge in [0.05, 0.1) is 10.7 Å². The van der Waals surface area contributed by atoms with Gasteiger partial charge in [0, 0.05) is 6.42 Å². The molecule has 94 valence electrons. The van der Waals surface area contributed by atoms with Crippen LogP contribution in [0.5, 0.6) is 0 Å². The zero-order valence-electron chi connectivity index (χ0n) is 10.4. The van der Waals surface area contributed by atoms with E-state index in [1.807, 2.05) is 6.07 Å². The molecule has 0 aliphatic carbocycles. The van der Waals surface area contributed by atoms with E-state index in [9.17, 15) is 4.79 Å². The van der Waals surface area contributed by atoms with Crippen LogP contribution in [-0.2, 0) is 12.8 Å². The van der Waals surface area contributed by atoms with Gasteiger partial charge in [0.15, 0.2) is 0 Å². The molecular weight excluding hydrogens is 246 g/mol. The van der Waals surface area contributed by atoms with E-state index in [1.54, 1.807) is 6.92 Å². The van der Waals surface area contributed by atoms with Crippen molar-refractivity contribution in [3.8, 4) is 0 Å². The lowest BCUT2D eigenvalue weighted by molar-refractivity contribution is 0.0701. The molecule has 1 N–H and O–H groups in total. The van der Waals surface area contributed by atoms with Gasteiger partial charge in [0.1, 0.15) is 4.88 Å². The molecule has 0 saturated heterocycles. The van der Waals surface area contributed by atoms with Crippen molar-refractivity contribution < 1.29 is 9.90 Å². The first kappa shape index (κ1) is 12.8. The van der Waals surface area contributed by atoms with Gasteiger partial charge in [-0.05, 0) is 25.8 Å². The molecule has 0 amide bonds. The number of thiazole rings is 1. The molecular formula is C14H15NO2S. The highest BCUT2D eigenvalue weighted by Crippen LogP contribution is 2.19. The summed E-state index contributed by atoms with van der Waals surface area (Å²) < 4.78 is 0. The second-order valence-electron chi connectivity index (χ2n) is 4.32. The Labute approximate surface area is 110 Å². The number of aryl methyl sites for hydroxylation is 4. The molecule has 0 unspecified atom stereocenters. The van der Waals surface area contributed by atoms with Gasteiger partial charge in [-0.3, -0.25) is 0 Å². The molecule has 0 spiro atoms. The third kappa shape index (κ3) is 2.96. The Morgan fingerprint density at radius 1 is 1.33 bits per heavy atom. The SMILES string of the molecule is Cc1cccc(CCc2nc(C)c(C(=O)O)s2)c1. The lowest BCUT2D eigenvalue weighted by Gasteiger charge is -2.00. The molecule has 0 aliphatic rings. The first-order chi connectivity index (χ1) is 8.56. The summed E-state index contributed by atoms with van der Waals surface area (Å²) in [7, 11) is 0. The van der Waals surface area contributed by atoms with E-state index in [-0.39, 0.29) is 0 Å². The Kier molecular flexibility index (Phi) is 3.77. The molecule has 18 heavy (non-hydrogen) atoms. The van der Waals surface area contributed by atoms with Crippen LogP contribution in [0.2, 0.25) is 0 Å². The lowest BCUT2D eigenvalue weighted by Crippen LogP contribution is -1.94. The summed E-state index contributed by atoms with van der Waals surface area (Å²) in [5, 5.41) is 9.87. The van der Waals surface area contributed by atoms with E-state index in [4.69, 9.17) is 5.11 Å². The van der Waals surface area contributed by atoms with Crippen LogP contribution < -0.4 is 0 Å². The summed E-state index contributed by atoms with van der Waals surface area (Å²) in [6.07, 6.45) is 1.69. The number of nitrogens with zero attached hydrogens (tertiary/aromatic N) is 1. The molecule has 1 aromatic carbocycles. The van der Waals surface area contributed by atoms with Crippen molar-refractivity contribution in [2.24, 2.45) is 0 Å². The minimum absolute atomic E-state index is 0.356. The predicted octanol–water partition coefficient (Wildman–Crippen LogP) is 3.24. The van der Waals surface area contributed by atoms with E-state index >= 15 is 0 Å². The largest absolute Gasteiger partial charge is 0.477 e. The van der Waals surface area contributed by atoms with Crippen LogP contribution in [0.4, 0.5) is 0 Å². The Morgan fingerprint density at radius 2 is 2.11 bits per heavy atom. The van der Waals surface area contributed by atoms with E-state index in [2.05, 4.69) is 30.1 Å². The average Bonchev–Trinajstić information content (AvgIpc) is 2.68.